The molecule has 0 amide bonds. The predicted molar refractivity (Wildman–Crippen MR) is 141 cm³/mol. The molecule has 3 N–H and O–H groups in total. The van der Waals surface area contributed by atoms with E-state index in [1.54, 1.807) is 42.7 Å². The standard InChI is InChI=1S/C26H21ClN6O2S/c27-20-15-31-26(33-25(20)19-14-30-21-6-2-1-5-18(19)21)32-22-11-10-17(36(28,34)16-8-9-16)13-23(22)35-24-7-3-4-12-29-24/h1-7,10-16,28,30H,8-9H2,(H,31,32,33). The Morgan fingerprint density at radius 3 is 2.72 bits per heavy atom. The minimum absolute atomic E-state index is 0.114. The molecule has 3 heterocycles. The second-order valence-electron chi connectivity index (χ2n) is 8.49. The van der Waals surface area contributed by atoms with Gasteiger partial charge in [-0.3, -0.25) is 0 Å². The summed E-state index contributed by atoms with van der Waals surface area (Å²) < 4.78 is 27.6. The number of halogens is 1. The van der Waals surface area contributed by atoms with Crippen LogP contribution in [0.5, 0.6) is 11.6 Å². The van der Waals surface area contributed by atoms with Crippen molar-refractivity contribution in [3.05, 3.63) is 84.3 Å². The lowest BCUT2D eigenvalue weighted by atomic mass is 10.1. The number of H-pyrrole nitrogens is 1. The molecule has 8 nitrogen and oxygen atoms in total. The molecule has 0 aliphatic heterocycles. The van der Waals surface area contributed by atoms with E-state index in [0.29, 0.717) is 38.9 Å². The van der Waals surface area contributed by atoms with Gasteiger partial charge < -0.3 is 15.0 Å². The molecular weight excluding hydrogens is 496 g/mol. The molecule has 1 aliphatic rings. The number of nitrogens with zero attached hydrogens (tertiary/aromatic N) is 3. The number of pyridine rings is 1. The van der Waals surface area contributed by atoms with Gasteiger partial charge in [0.1, 0.15) is 0 Å². The Kier molecular flexibility index (Phi) is 5.58. The zero-order valence-corrected chi connectivity index (χ0v) is 20.5. The summed E-state index contributed by atoms with van der Waals surface area (Å²) in [6, 6.07) is 18.3. The summed E-state index contributed by atoms with van der Waals surface area (Å²) in [5, 5.41) is 4.50. The molecule has 180 valence electrons. The number of hydrogen-bond donors (Lipinski definition) is 3. The number of fused-ring (bicyclic) bond motifs is 1. The fourth-order valence-electron chi connectivity index (χ4n) is 4.00. The highest BCUT2D eigenvalue weighted by atomic mass is 35.5. The van der Waals surface area contributed by atoms with Crippen LogP contribution in [-0.2, 0) is 9.73 Å². The molecule has 0 spiro atoms. The van der Waals surface area contributed by atoms with Crippen molar-refractivity contribution < 1.29 is 8.95 Å². The fourth-order valence-corrected chi connectivity index (χ4v) is 5.93. The second kappa shape index (κ2) is 8.92. The summed E-state index contributed by atoms with van der Waals surface area (Å²) in [4.78, 5) is 16.9. The van der Waals surface area contributed by atoms with Gasteiger partial charge in [0.2, 0.25) is 11.8 Å². The molecule has 1 aliphatic carbocycles. The molecule has 5 aromatic rings. The van der Waals surface area contributed by atoms with Crippen LogP contribution in [0.4, 0.5) is 11.6 Å². The van der Waals surface area contributed by atoms with Gasteiger partial charge in [-0.1, -0.05) is 35.9 Å². The smallest absolute Gasteiger partial charge is 0.227 e. The Labute approximate surface area is 212 Å². The molecule has 0 radical (unpaired) electrons. The van der Waals surface area contributed by atoms with Crippen LogP contribution >= 0.6 is 11.6 Å². The minimum Gasteiger partial charge on any atom is -0.437 e. The molecule has 1 saturated carbocycles. The minimum atomic E-state index is -2.91. The van der Waals surface area contributed by atoms with E-state index in [1.165, 1.54) is 0 Å². The number of rotatable bonds is 7. The van der Waals surface area contributed by atoms with Crippen molar-refractivity contribution in [3.8, 4) is 22.9 Å². The summed E-state index contributed by atoms with van der Waals surface area (Å²) in [6.07, 6.45) is 6.64. The van der Waals surface area contributed by atoms with Gasteiger partial charge in [0.25, 0.3) is 0 Å². The molecule has 1 fully saturated rings. The Morgan fingerprint density at radius 1 is 1.08 bits per heavy atom. The zero-order chi connectivity index (χ0) is 24.7. The van der Waals surface area contributed by atoms with Crippen LogP contribution in [0.1, 0.15) is 12.8 Å². The first-order valence-corrected chi connectivity index (χ1v) is 13.4. The highest BCUT2D eigenvalue weighted by Crippen LogP contribution is 2.39. The third kappa shape index (κ3) is 4.27. The first-order valence-electron chi connectivity index (χ1n) is 11.4. The van der Waals surface area contributed by atoms with Gasteiger partial charge in [0.15, 0.2) is 5.75 Å². The van der Waals surface area contributed by atoms with Crippen molar-refractivity contribution in [2.75, 3.05) is 5.32 Å². The number of nitrogens with one attached hydrogen (secondary N) is 3. The van der Waals surface area contributed by atoms with Crippen LogP contribution in [0.15, 0.2) is 84.1 Å². The first-order chi connectivity index (χ1) is 17.5. The van der Waals surface area contributed by atoms with Crippen molar-refractivity contribution in [2.45, 2.75) is 23.0 Å². The average molecular weight is 517 g/mol. The van der Waals surface area contributed by atoms with E-state index in [2.05, 4.69) is 25.3 Å². The third-order valence-corrected chi connectivity index (χ3v) is 8.63. The van der Waals surface area contributed by atoms with E-state index >= 15 is 0 Å². The Balaban J connectivity index is 1.39. The van der Waals surface area contributed by atoms with E-state index in [9.17, 15) is 4.21 Å². The van der Waals surface area contributed by atoms with Crippen molar-refractivity contribution in [2.24, 2.45) is 0 Å². The van der Waals surface area contributed by atoms with Crippen LogP contribution in [0.3, 0.4) is 0 Å². The molecule has 6 rings (SSSR count). The second-order valence-corrected chi connectivity index (χ2v) is 11.2. The highest BCUT2D eigenvalue weighted by molar-refractivity contribution is 7.93. The fraction of sp³-hybridized carbons (Fsp3) is 0.115. The quantitative estimate of drug-likeness (QED) is 0.219. The van der Waals surface area contributed by atoms with Crippen molar-refractivity contribution in [1.82, 2.24) is 19.9 Å². The molecule has 0 bridgehead atoms. The Hall–Kier alpha value is -3.95. The van der Waals surface area contributed by atoms with Crippen LogP contribution < -0.4 is 10.1 Å². The molecule has 0 saturated heterocycles. The predicted octanol–water partition coefficient (Wildman–Crippen LogP) is 6.78. The van der Waals surface area contributed by atoms with Crippen LogP contribution in [0.25, 0.3) is 22.2 Å². The van der Waals surface area contributed by atoms with Crippen molar-refractivity contribution in [1.29, 1.82) is 4.78 Å². The van der Waals surface area contributed by atoms with E-state index in [-0.39, 0.29) is 5.25 Å². The lowest BCUT2D eigenvalue weighted by Gasteiger charge is -2.15. The van der Waals surface area contributed by atoms with Gasteiger partial charge in [-0.05, 0) is 37.1 Å². The van der Waals surface area contributed by atoms with E-state index in [1.807, 2.05) is 36.5 Å². The number of aromatic amines is 1. The first kappa shape index (κ1) is 22.5. The van der Waals surface area contributed by atoms with Crippen molar-refractivity contribution in [3.63, 3.8) is 0 Å². The number of anilines is 2. The summed E-state index contributed by atoms with van der Waals surface area (Å²) in [5.74, 6) is 1.06. The van der Waals surface area contributed by atoms with Gasteiger partial charge in [0.05, 0.1) is 37.2 Å². The molecule has 3 aromatic heterocycles. The number of hydrogen-bond acceptors (Lipinski definition) is 7. The van der Waals surface area contributed by atoms with E-state index in [4.69, 9.17) is 21.1 Å². The van der Waals surface area contributed by atoms with Crippen LogP contribution in [-0.4, -0.2) is 29.4 Å². The molecule has 2 aromatic carbocycles. The van der Waals surface area contributed by atoms with Gasteiger partial charge in [-0.2, -0.15) is 0 Å². The topological polar surface area (TPSA) is 117 Å². The summed E-state index contributed by atoms with van der Waals surface area (Å²) in [6.45, 7) is 0. The monoisotopic (exact) mass is 516 g/mol. The maximum atomic E-state index is 13.1. The molecule has 36 heavy (non-hydrogen) atoms. The summed E-state index contributed by atoms with van der Waals surface area (Å²) >= 11 is 6.48. The SMILES string of the molecule is N=S(=O)(c1ccc(Nc2ncc(Cl)c(-c3c[nH]c4ccccc34)n2)c(Oc2ccccn2)c1)C1CC1. The van der Waals surface area contributed by atoms with Gasteiger partial charge in [0, 0.05) is 46.2 Å². The van der Waals surface area contributed by atoms with Gasteiger partial charge in [-0.25, -0.2) is 23.9 Å². The lowest BCUT2D eigenvalue weighted by Crippen LogP contribution is -2.06. The normalized spacial score (nSPS) is 14.9. The largest absolute Gasteiger partial charge is 0.437 e. The van der Waals surface area contributed by atoms with Gasteiger partial charge >= 0.3 is 0 Å². The molecule has 1 unspecified atom stereocenters. The number of aromatic nitrogens is 4. The van der Waals surface area contributed by atoms with E-state index < -0.39 is 9.73 Å². The highest BCUT2D eigenvalue weighted by Gasteiger charge is 2.34. The zero-order valence-electron chi connectivity index (χ0n) is 18.9. The lowest BCUT2D eigenvalue weighted by molar-refractivity contribution is 0.463. The molecule has 10 heteroatoms. The van der Waals surface area contributed by atoms with Gasteiger partial charge in [-0.15, -0.1) is 0 Å². The summed E-state index contributed by atoms with van der Waals surface area (Å²) in [7, 11) is -2.91. The third-order valence-electron chi connectivity index (χ3n) is 5.98. The number of benzene rings is 2. The van der Waals surface area contributed by atoms with Crippen LogP contribution in [0.2, 0.25) is 5.02 Å². The Morgan fingerprint density at radius 2 is 1.92 bits per heavy atom. The van der Waals surface area contributed by atoms with Crippen LogP contribution in [0, 0.1) is 4.78 Å². The number of para-hydroxylation sites is 1. The number of ether oxygens (including phenoxy) is 1. The molecular formula is C26H21ClN6O2S. The maximum Gasteiger partial charge on any atom is 0.227 e. The van der Waals surface area contributed by atoms with E-state index in [0.717, 1.165) is 29.3 Å². The maximum absolute atomic E-state index is 13.1. The van der Waals surface area contributed by atoms with Crippen molar-refractivity contribution >= 4 is 43.9 Å². The Bertz CT molecular complexity index is 1680. The average Bonchev–Trinajstić information content (AvgIpc) is 3.67. The summed E-state index contributed by atoms with van der Waals surface area (Å²) in [5.41, 5.74) is 2.97. The molecule has 1 atom stereocenters.